The van der Waals surface area contributed by atoms with Crippen LogP contribution in [0.1, 0.15) is 12.8 Å². The second-order valence-electron chi connectivity index (χ2n) is 3.92. The van der Waals surface area contributed by atoms with E-state index >= 15 is 0 Å². The Labute approximate surface area is 83.4 Å². The molecule has 0 aromatic heterocycles. The Morgan fingerprint density at radius 1 is 1.21 bits per heavy atom. The van der Waals surface area contributed by atoms with Gasteiger partial charge in [0, 0.05) is 19.6 Å². The Bertz CT molecular complexity index is 232. The third-order valence-corrected chi connectivity index (χ3v) is 2.71. The molecule has 0 radical (unpaired) electrons. The van der Waals surface area contributed by atoms with Crippen LogP contribution in [0.25, 0.3) is 0 Å². The standard InChI is InChI=1S/C9H17N3O2/c13-7-1-3-12-4-2-8(14)6-11-9(12)10-5-7/h7-8,13-14H,1-6H2,(H,10,11). The van der Waals surface area contributed by atoms with E-state index < -0.39 is 0 Å². The molecular weight excluding hydrogens is 182 g/mol. The first-order valence-electron chi connectivity index (χ1n) is 5.15. The lowest BCUT2D eigenvalue weighted by atomic mass is 10.2. The van der Waals surface area contributed by atoms with Crippen LogP contribution < -0.4 is 5.32 Å². The van der Waals surface area contributed by atoms with Crippen LogP contribution in [-0.4, -0.2) is 59.5 Å². The van der Waals surface area contributed by atoms with Crippen molar-refractivity contribution in [2.24, 2.45) is 4.99 Å². The molecular formula is C9H17N3O2. The largest absolute Gasteiger partial charge is 0.391 e. The van der Waals surface area contributed by atoms with E-state index in [9.17, 15) is 10.2 Å². The highest BCUT2D eigenvalue weighted by Crippen LogP contribution is 2.08. The molecule has 1 saturated heterocycles. The van der Waals surface area contributed by atoms with Crippen molar-refractivity contribution in [1.29, 1.82) is 0 Å². The molecule has 1 fully saturated rings. The van der Waals surface area contributed by atoms with Gasteiger partial charge in [0.05, 0.1) is 18.8 Å². The molecule has 2 unspecified atom stereocenters. The maximum Gasteiger partial charge on any atom is 0.194 e. The number of aliphatic hydroxyl groups is 2. The average molecular weight is 199 g/mol. The van der Waals surface area contributed by atoms with Crippen molar-refractivity contribution in [3.8, 4) is 0 Å². The third kappa shape index (κ3) is 2.16. The molecule has 0 aromatic carbocycles. The maximum absolute atomic E-state index is 9.46. The fourth-order valence-electron chi connectivity index (χ4n) is 1.80. The number of rotatable bonds is 0. The molecule has 0 bridgehead atoms. The first kappa shape index (κ1) is 9.73. The first-order valence-corrected chi connectivity index (χ1v) is 5.15. The summed E-state index contributed by atoms with van der Waals surface area (Å²) in [6, 6.07) is 0. The summed E-state index contributed by atoms with van der Waals surface area (Å²) in [4.78, 5) is 6.39. The zero-order valence-corrected chi connectivity index (χ0v) is 8.19. The van der Waals surface area contributed by atoms with Crippen molar-refractivity contribution in [2.75, 3.05) is 26.2 Å². The minimum atomic E-state index is -0.318. The molecule has 2 aliphatic rings. The molecule has 5 heteroatoms. The summed E-state index contributed by atoms with van der Waals surface area (Å²) in [5, 5.41) is 22.0. The van der Waals surface area contributed by atoms with Crippen molar-refractivity contribution in [2.45, 2.75) is 25.0 Å². The first-order chi connectivity index (χ1) is 6.75. The quantitative estimate of drug-likeness (QED) is 0.456. The molecule has 80 valence electrons. The molecule has 0 aromatic rings. The Kier molecular flexibility index (Phi) is 2.88. The van der Waals surface area contributed by atoms with Gasteiger partial charge >= 0.3 is 0 Å². The number of aliphatic imine (C=N–C) groups is 1. The van der Waals surface area contributed by atoms with Gasteiger partial charge in [0.25, 0.3) is 0 Å². The van der Waals surface area contributed by atoms with E-state index in [1.807, 2.05) is 0 Å². The van der Waals surface area contributed by atoms with E-state index in [1.165, 1.54) is 0 Å². The summed E-state index contributed by atoms with van der Waals surface area (Å²) in [5.41, 5.74) is 0. The molecule has 0 amide bonds. The topological polar surface area (TPSA) is 68.1 Å². The zero-order chi connectivity index (χ0) is 9.97. The molecule has 0 spiro atoms. The van der Waals surface area contributed by atoms with Gasteiger partial charge in [-0.3, -0.25) is 4.99 Å². The highest BCUT2D eigenvalue weighted by Gasteiger charge is 2.22. The lowest BCUT2D eigenvalue weighted by Gasteiger charge is -2.21. The van der Waals surface area contributed by atoms with E-state index in [0.717, 1.165) is 31.9 Å². The Balaban J connectivity index is 2.06. The molecule has 0 saturated carbocycles. The van der Waals surface area contributed by atoms with Crippen LogP contribution in [-0.2, 0) is 0 Å². The third-order valence-electron chi connectivity index (χ3n) is 2.71. The highest BCUT2D eigenvalue weighted by atomic mass is 16.3. The van der Waals surface area contributed by atoms with E-state index in [0.29, 0.717) is 13.1 Å². The Morgan fingerprint density at radius 2 is 1.93 bits per heavy atom. The summed E-state index contributed by atoms with van der Waals surface area (Å²) >= 11 is 0. The maximum atomic E-state index is 9.46. The highest BCUT2D eigenvalue weighted by molar-refractivity contribution is 5.80. The Morgan fingerprint density at radius 3 is 2.71 bits per heavy atom. The van der Waals surface area contributed by atoms with Crippen LogP contribution in [0.15, 0.2) is 4.99 Å². The average Bonchev–Trinajstić information content (AvgIpc) is 2.44. The number of hydrogen-bond acceptors (Lipinski definition) is 5. The van der Waals surface area contributed by atoms with Gasteiger partial charge in [-0.05, 0) is 12.8 Å². The van der Waals surface area contributed by atoms with Crippen LogP contribution in [0.3, 0.4) is 0 Å². The molecule has 0 aliphatic carbocycles. The van der Waals surface area contributed by atoms with Crippen LogP contribution in [0.5, 0.6) is 0 Å². The van der Waals surface area contributed by atoms with Crippen molar-refractivity contribution >= 4 is 5.96 Å². The monoisotopic (exact) mass is 199 g/mol. The lowest BCUT2D eigenvalue weighted by Crippen LogP contribution is -2.40. The summed E-state index contributed by atoms with van der Waals surface area (Å²) < 4.78 is 0. The Hall–Kier alpha value is -0.810. The number of β-amino-alcohol motifs (C(OH)–C–C–N with tert-alkyl or cyclic N) is 1. The molecule has 2 rings (SSSR count). The van der Waals surface area contributed by atoms with E-state index in [-0.39, 0.29) is 12.2 Å². The number of hydrogen-bond donors (Lipinski definition) is 3. The van der Waals surface area contributed by atoms with Crippen LogP contribution in [0, 0.1) is 0 Å². The van der Waals surface area contributed by atoms with Crippen LogP contribution in [0.2, 0.25) is 0 Å². The summed E-state index contributed by atoms with van der Waals surface area (Å²) in [7, 11) is 0. The smallest absolute Gasteiger partial charge is 0.194 e. The molecule has 2 atom stereocenters. The van der Waals surface area contributed by atoms with Gasteiger partial charge in [-0.1, -0.05) is 0 Å². The van der Waals surface area contributed by atoms with Crippen molar-refractivity contribution in [3.05, 3.63) is 0 Å². The van der Waals surface area contributed by atoms with Gasteiger partial charge in [-0.15, -0.1) is 0 Å². The number of nitrogens with one attached hydrogen (secondary N) is 1. The second-order valence-corrected chi connectivity index (χ2v) is 3.92. The fraction of sp³-hybridized carbons (Fsp3) is 0.889. The van der Waals surface area contributed by atoms with Crippen molar-refractivity contribution in [1.82, 2.24) is 10.2 Å². The van der Waals surface area contributed by atoms with Crippen LogP contribution in [0.4, 0.5) is 0 Å². The fourth-order valence-corrected chi connectivity index (χ4v) is 1.80. The zero-order valence-electron chi connectivity index (χ0n) is 8.19. The van der Waals surface area contributed by atoms with Gasteiger partial charge in [0.2, 0.25) is 0 Å². The summed E-state index contributed by atoms with van der Waals surface area (Å²) in [5.74, 6) is 0.832. The van der Waals surface area contributed by atoms with Crippen molar-refractivity contribution < 1.29 is 10.2 Å². The van der Waals surface area contributed by atoms with E-state index in [1.54, 1.807) is 0 Å². The van der Waals surface area contributed by atoms with Crippen LogP contribution >= 0.6 is 0 Å². The second kappa shape index (κ2) is 4.14. The molecule has 2 heterocycles. The minimum absolute atomic E-state index is 0.283. The molecule has 5 nitrogen and oxygen atoms in total. The summed E-state index contributed by atoms with van der Waals surface area (Å²) in [6.07, 6.45) is 0.920. The lowest BCUT2D eigenvalue weighted by molar-refractivity contribution is 0.156. The van der Waals surface area contributed by atoms with Gasteiger partial charge in [-0.25, -0.2) is 0 Å². The summed E-state index contributed by atoms with van der Waals surface area (Å²) in [6.45, 7) is 2.67. The van der Waals surface area contributed by atoms with Gasteiger partial charge in [-0.2, -0.15) is 0 Å². The number of guanidine groups is 1. The number of aliphatic hydroxyl groups excluding tert-OH is 2. The van der Waals surface area contributed by atoms with Gasteiger partial charge < -0.3 is 20.4 Å². The SMILES string of the molecule is OC1CCN2CCC(O)CNC2=NC1. The predicted octanol–water partition coefficient (Wildman–Crippen LogP) is -1.24. The number of fused-ring (bicyclic) bond motifs is 1. The van der Waals surface area contributed by atoms with E-state index in [4.69, 9.17) is 0 Å². The normalized spacial score (nSPS) is 33.6. The minimum Gasteiger partial charge on any atom is -0.391 e. The predicted molar refractivity (Wildman–Crippen MR) is 53.1 cm³/mol. The number of nitrogens with zero attached hydrogens (tertiary/aromatic N) is 2. The van der Waals surface area contributed by atoms with Crippen molar-refractivity contribution in [3.63, 3.8) is 0 Å². The molecule has 14 heavy (non-hydrogen) atoms. The van der Waals surface area contributed by atoms with Gasteiger partial charge in [0.15, 0.2) is 5.96 Å². The molecule has 2 aliphatic heterocycles. The van der Waals surface area contributed by atoms with E-state index in [2.05, 4.69) is 15.2 Å². The molecule has 3 N–H and O–H groups in total. The van der Waals surface area contributed by atoms with Gasteiger partial charge in [0.1, 0.15) is 0 Å².